The van der Waals surface area contributed by atoms with E-state index in [4.69, 9.17) is 4.74 Å². The van der Waals surface area contributed by atoms with Crippen LogP contribution in [0.25, 0.3) is 0 Å². The molecule has 2 amide bonds. The first-order valence-corrected chi connectivity index (χ1v) is 8.50. The Morgan fingerprint density at radius 2 is 2.17 bits per heavy atom. The van der Waals surface area contributed by atoms with E-state index in [0.29, 0.717) is 12.3 Å². The molecule has 1 aromatic carbocycles. The highest BCUT2D eigenvalue weighted by molar-refractivity contribution is 9.10. The predicted molar refractivity (Wildman–Crippen MR) is 91.7 cm³/mol. The SMILES string of the molecule is C=C1NC(=O)N[C@@H](c2cccc(Br)c2)[C@@H]1C(=O)OCCCCC. The summed E-state index contributed by atoms with van der Waals surface area (Å²) in [6.45, 7) is 6.30. The average Bonchev–Trinajstić information content (AvgIpc) is 2.50. The monoisotopic (exact) mass is 380 g/mol. The Labute approximate surface area is 144 Å². The van der Waals surface area contributed by atoms with Crippen LogP contribution in [0.15, 0.2) is 41.0 Å². The van der Waals surface area contributed by atoms with Gasteiger partial charge in [-0.3, -0.25) is 4.79 Å². The fraction of sp³-hybridized carbons (Fsp3) is 0.412. The van der Waals surface area contributed by atoms with Crippen LogP contribution in [0.3, 0.4) is 0 Å². The van der Waals surface area contributed by atoms with Crippen LogP contribution in [-0.2, 0) is 9.53 Å². The lowest BCUT2D eigenvalue weighted by atomic mass is 9.89. The molecule has 1 aliphatic rings. The number of halogens is 1. The number of rotatable bonds is 6. The number of amides is 2. The molecule has 6 heteroatoms. The Kier molecular flexibility index (Phi) is 6.21. The van der Waals surface area contributed by atoms with Crippen LogP contribution >= 0.6 is 15.9 Å². The second kappa shape index (κ2) is 8.15. The van der Waals surface area contributed by atoms with Crippen molar-refractivity contribution in [1.82, 2.24) is 10.6 Å². The maximum atomic E-state index is 12.5. The zero-order chi connectivity index (χ0) is 16.8. The zero-order valence-corrected chi connectivity index (χ0v) is 14.7. The minimum absolute atomic E-state index is 0.360. The van der Waals surface area contributed by atoms with Gasteiger partial charge in [0.05, 0.1) is 12.6 Å². The highest BCUT2D eigenvalue weighted by Gasteiger charge is 2.38. The number of urea groups is 1. The second-order valence-corrected chi connectivity index (χ2v) is 6.42. The van der Waals surface area contributed by atoms with Crippen molar-refractivity contribution < 1.29 is 14.3 Å². The number of esters is 1. The molecule has 0 unspecified atom stereocenters. The van der Waals surface area contributed by atoms with Crippen molar-refractivity contribution in [2.24, 2.45) is 5.92 Å². The standard InChI is InChI=1S/C17H21BrN2O3/c1-3-4-5-9-23-16(21)14-11(2)19-17(22)20-15(14)12-7-6-8-13(18)10-12/h6-8,10,14-15H,2-5,9H2,1H3,(H2,19,20,22)/t14-,15+/m1/s1. The number of carbonyl (C=O) groups is 2. The van der Waals surface area contributed by atoms with Crippen molar-refractivity contribution in [1.29, 1.82) is 0 Å². The average molecular weight is 381 g/mol. The number of ether oxygens (including phenoxy) is 1. The van der Waals surface area contributed by atoms with Gasteiger partial charge in [0, 0.05) is 10.2 Å². The number of hydrogen-bond acceptors (Lipinski definition) is 3. The third kappa shape index (κ3) is 4.58. The molecule has 124 valence electrons. The Morgan fingerprint density at radius 1 is 1.39 bits per heavy atom. The molecule has 1 aliphatic heterocycles. The lowest BCUT2D eigenvalue weighted by Crippen LogP contribution is -2.51. The molecule has 0 saturated carbocycles. The van der Waals surface area contributed by atoms with Gasteiger partial charge in [0.1, 0.15) is 5.92 Å². The molecule has 2 atom stereocenters. The van der Waals surface area contributed by atoms with Crippen LogP contribution in [0.4, 0.5) is 4.79 Å². The normalized spacial score (nSPS) is 20.6. The molecular weight excluding hydrogens is 360 g/mol. The molecule has 23 heavy (non-hydrogen) atoms. The van der Waals surface area contributed by atoms with Crippen LogP contribution < -0.4 is 10.6 Å². The van der Waals surface area contributed by atoms with Crippen molar-refractivity contribution in [2.45, 2.75) is 32.2 Å². The van der Waals surface area contributed by atoms with Crippen molar-refractivity contribution in [3.05, 3.63) is 46.6 Å². The van der Waals surface area contributed by atoms with E-state index in [1.165, 1.54) is 0 Å². The van der Waals surface area contributed by atoms with E-state index in [9.17, 15) is 9.59 Å². The summed E-state index contributed by atoms with van der Waals surface area (Å²) in [7, 11) is 0. The number of benzene rings is 1. The smallest absolute Gasteiger partial charge is 0.319 e. The molecule has 0 bridgehead atoms. The lowest BCUT2D eigenvalue weighted by molar-refractivity contribution is -0.148. The maximum Gasteiger partial charge on any atom is 0.319 e. The van der Waals surface area contributed by atoms with Crippen molar-refractivity contribution in [2.75, 3.05) is 6.61 Å². The highest BCUT2D eigenvalue weighted by Crippen LogP contribution is 2.31. The molecule has 1 heterocycles. The summed E-state index contributed by atoms with van der Waals surface area (Å²) in [5.41, 5.74) is 1.19. The third-order valence-electron chi connectivity index (χ3n) is 3.72. The third-order valence-corrected chi connectivity index (χ3v) is 4.22. The van der Waals surface area contributed by atoms with Gasteiger partial charge in [0.2, 0.25) is 0 Å². The Balaban J connectivity index is 2.16. The summed E-state index contributed by atoms with van der Waals surface area (Å²) in [4.78, 5) is 24.2. The van der Waals surface area contributed by atoms with Crippen LogP contribution in [-0.4, -0.2) is 18.6 Å². The molecule has 0 radical (unpaired) electrons. The van der Waals surface area contributed by atoms with Gasteiger partial charge in [-0.15, -0.1) is 0 Å². The van der Waals surface area contributed by atoms with E-state index >= 15 is 0 Å². The van der Waals surface area contributed by atoms with Gasteiger partial charge < -0.3 is 15.4 Å². The van der Waals surface area contributed by atoms with E-state index in [1.54, 1.807) is 0 Å². The quantitative estimate of drug-likeness (QED) is 0.584. The number of nitrogens with one attached hydrogen (secondary N) is 2. The van der Waals surface area contributed by atoms with E-state index in [0.717, 1.165) is 29.3 Å². The van der Waals surface area contributed by atoms with Crippen molar-refractivity contribution >= 4 is 27.9 Å². The molecule has 0 aromatic heterocycles. The van der Waals surface area contributed by atoms with E-state index < -0.39 is 12.0 Å². The van der Waals surface area contributed by atoms with Gasteiger partial charge >= 0.3 is 12.0 Å². The minimum atomic E-state index is -0.649. The summed E-state index contributed by atoms with van der Waals surface area (Å²) in [5, 5.41) is 5.36. The van der Waals surface area contributed by atoms with Crippen LogP contribution in [0, 0.1) is 5.92 Å². The topological polar surface area (TPSA) is 67.4 Å². The fourth-order valence-electron chi connectivity index (χ4n) is 2.55. The summed E-state index contributed by atoms with van der Waals surface area (Å²) in [5.74, 6) is -1.02. The predicted octanol–water partition coefficient (Wildman–Crippen LogP) is 3.67. The molecule has 1 saturated heterocycles. The maximum absolute atomic E-state index is 12.5. The molecule has 1 fully saturated rings. The first kappa shape index (κ1) is 17.5. The van der Waals surface area contributed by atoms with Gasteiger partial charge in [-0.05, 0) is 24.1 Å². The Bertz CT molecular complexity index is 603. The Hall–Kier alpha value is -1.82. The van der Waals surface area contributed by atoms with Gasteiger partial charge in [0.25, 0.3) is 0 Å². The molecule has 0 spiro atoms. The van der Waals surface area contributed by atoms with Gasteiger partial charge in [-0.2, -0.15) is 0 Å². The highest BCUT2D eigenvalue weighted by atomic mass is 79.9. The fourth-order valence-corrected chi connectivity index (χ4v) is 2.97. The first-order chi connectivity index (χ1) is 11.0. The minimum Gasteiger partial charge on any atom is -0.465 e. The molecule has 5 nitrogen and oxygen atoms in total. The summed E-state index contributed by atoms with van der Waals surface area (Å²) >= 11 is 3.41. The zero-order valence-electron chi connectivity index (χ0n) is 13.1. The van der Waals surface area contributed by atoms with E-state index in [1.807, 2.05) is 24.3 Å². The van der Waals surface area contributed by atoms with Crippen molar-refractivity contribution in [3.8, 4) is 0 Å². The first-order valence-electron chi connectivity index (χ1n) is 7.71. The number of carbonyl (C=O) groups excluding carboxylic acids is 2. The van der Waals surface area contributed by atoms with E-state index in [-0.39, 0.29) is 12.0 Å². The molecular formula is C17H21BrN2O3. The van der Waals surface area contributed by atoms with Gasteiger partial charge in [-0.1, -0.05) is 54.4 Å². The van der Waals surface area contributed by atoms with Crippen LogP contribution in [0.5, 0.6) is 0 Å². The molecule has 0 aliphatic carbocycles. The molecule has 1 aromatic rings. The largest absolute Gasteiger partial charge is 0.465 e. The van der Waals surface area contributed by atoms with Gasteiger partial charge in [-0.25, -0.2) is 4.79 Å². The van der Waals surface area contributed by atoms with Gasteiger partial charge in [0.15, 0.2) is 0 Å². The Morgan fingerprint density at radius 3 is 2.87 bits per heavy atom. The van der Waals surface area contributed by atoms with Crippen molar-refractivity contribution in [3.63, 3.8) is 0 Å². The van der Waals surface area contributed by atoms with E-state index in [2.05, 4.69) is 40.1 Å². The number of unbranched alkanes of at least 4 members (excludes halogenated alkanes) is 2. The molecule has 2 rings (SSSR count). The second-order valence-electron chi connectivity index (χ2n) is 5.51. The van der Waals surface area contributed by atoms with Crippen LogP contribution in [0.2, 0.25) is 0 Å². The summed E-state index contributed by atoms with van der Waals surface area (Å²) in [6, 6.07) is 6.63. The number of hydrogen-bond donors (Lipinski definition) is 2. The molecule has 2 N–H and O–H groups in total. The summed E-state index contributed by atoms with van der Waals surface area (Å²) < 4.78 is 6.25. The lowest BCUT2D eigenvalue weighted by Gasteiger charge is -2.33. The van der Waals surface area contributed by atoms with Crippen LogP contribution in [0.1, 0.15) is 37.8 Å². The summed E-state index contributed by atoms with van der Waals surface area (Å²) in [6.07, 6.45) is 2.91.